The first-order valence-electron chi connectivity index (χ1n) is 9.33. The summed E-state index contributed by atoms with van der Waals surface area (Å²) in [4.78, 5) is 12.3. The fourth-order valence-corrected chi connectivity index (χ4v) is 3.55. The van der Waals surface area contributed by atoms with Crippen LogP contribution in [0.15, 0.2) is 54.6 Å². The predicted octanol–water partition coefficient (Wildman–Crippen LogP) is 3.55. The van der Waals surface area contributed by atoms with Crippen molar-refractivity contribution in [2.24, 2.45) is 0 Å². The van der Waals surface area contributed by atoms with Crippen molar-refractivity contribution < 1.29 is 4.79 Å². The first kappa shape index (κ1) is 20.5. The molecular formula is C22H23N5OS. The number of benzene rings is 2. The largest absolute Gasteiger partial charge is 0.382 e. The Morgan fingerprint density at radius 3 is 2.59 bits per heavy atom. The summed E-state index contributed by atoms with van der Waals surface area (Å²) >= 11 is 1.75. The molecule has 29 heavy (non-hydrogen) atoms. The molecule has 0 aliphatic rings. The first-order chi connectivity index (χ1) is 14.1. The zero-order valence-corrected chi connectivity index (χ0v) is 17.1. The predicted molar refractivity (Wildman–Crippen MR) is 117 cm³/mol. The maximum atomic E-state index is 12.3. The second-order valence-electron chi connectivity index (χ2n) is 6.56. The fraction of sp³-hybridized carbons (Fsp3) is 0.227. The number of para-hydroxylation sites is 1. The van der Waals surface area contributed by atoms with Gasteiger partial charge < -0.3 is 11.1 Å². The topological polar surface area (TPSA) is 96.7 Å². The van der Waals surface area contributed by atoms with E-state index in [1.165, 1.54) is 5.56 Å². The molecule has 0 aliphatic heterocycles. The van der Waals surface area contributed by atoms with E-state index in [2.05, 4.69) is 22.7 Å². The van der Waals surface area contributed by atoms with E-state index in [0.717, 1.165) is 11.4 Å². The van der Waals surface area contributed by atoms with E-state index in [9.17, 15) is 10.1 Å². The third-order valence-corrected chi connectivity index (χ3v) is 5.13. The number of thioether (sulfide) groups is 1. The van der Waals surface area contributed by atoms with Crippen LogP contribution in [0.4, 0.5) is 5.82 Å². The van der Waals surface area contributed by atoms with Gasteiger partial charge in [-0.3, -0.25) is 4.79 Å². The molecule has 0 atom stereocenters. The quantitative estimate of drug-likeness (QED) is 0.559. The van der Waals surface area contributed by atoms with Gasteiger partial charge in [0.25, 0.3) is 5.91 Å². The SMILES string of the molecule is CSCc1ccc(C(=O)NCCCc2nn(-c3ccccc3)c(N)c2C#N)cc1. The molecule has 1 aromatic heterocycles. The minimum Gasteiger partial charge on any atom is -0.382 e. The van der Waals surface area contributed by atoms with Gasteiger partial charge in [0.15, 0.2) is 0 Å². The number of carbonyl (C=O) groups excluding carboxylic acids is 1. The molecule has 0 spiro atoms. The highest BCUT2D eigenvalue weighted by molar-refractivity contribution is 7.97. The smallest absolute Gasteiger partial charge is 0.251 e. The third-order valence-electron chi connectivity index (χ3n) is 4.51. The van der Waals surface area contributed by atoms with Crippen molar-refractivity contribution in [2.75, 3.05) is 18.5 Å². The van der Waals surface area contributed by atoms with Crippen molar-refractivity contribution >= 4 is 23.5 Å². The molecule has 1 heterocycles. The lowest BCUT2D eigenvalue weighted by molar-refractivity contribution is 0.0953. The van der Waals surface area contributed by atoms with E-state index in [0.29, 0.717) is 42.0 Å². The molecule has 3 aromatic rings. The monoisotopic (exact) mass is 405 g/mol. The van der Waals surface area contributed by atoms with E-state index in [1.807, 2.05) is 54.6 Å². The molecule has 3 rings (SSSR count). The summed E-state index contributed by atoms with van der Waals surface area (Å²) in [5.74, 6) is 1.17. The van der Waals surface area contributed by atoms with Gasteiger partial charge in [0.1, 0.15) is 17.5 Å². The number of nitriles is 1. The van der Waals surface area contributed by atoms with Crippen molar-refractivity contribution in [3.05, 3.63) is 77.0 Å². The number of hydrogen-bond acceptors (Lipinski definition) is 5. The molecule has 2 aromatic carbocycles. The van der Waals surface area contributed by atoms with Crippen LogP contribution in [0.25, 0.3) is 5.69 Å². The van der Waals surface area contributed by atoms with Crippen LogP contribution in [-0.4, -0.2) is 28.5 Å². The summed E-state index contributed by atoms with van der Waals surface area (Å²) in [5.41, 5.74) is 9.81. The Morgan fingerprint density at radius 1 is 1.21 bits per heavy atom. The molecular weight excluding hydrogens is 382 g/mol. The summed E-state index contributed by atoms with van der Waals surface area (Å²) in [6.45, 7) is 0.494. The molecule has 0 saturated carbocycles. The van der Waals surface area contributed by atoms with Crippen molar-refractivity contribution in [1.82, 2.24) is 15.1 Å². The Labute approximate surface area is 174 Å². The van der Waals surface area contributed by atoms with E-state index < -0.39 is 0 Å². The number of anilines is 1. The molecule has 0 radical (unpaired) electrons. The number of rotatable bonds is 8. The molecule has 7 heteroatoms. The van der Waals surface area contributed by atoms with Gasteiger partial charge in [0, 0.05) is 17.9 Å². The van der Waals surface area contributed by atoms with Crippen LogP contribution in [0, 0.1) is 11.3 Å². The first-order valence-corrected chi connectivity index (χ1v) is 10.7. The Bertz CT molecular complexity index is 1010. The molecule has 0 bridgehead atoms. The van der Waals surface area contributed by atoms with E-state index >= 15 is 0 Å². The lowest BCUT2D eigenvalue weighted by Crippen LogP contribution is -2.24. The normalized spacial score (nSPS) is 10.5. The van der Waals surface area contributed by atoms with Crippen LogP contribution in [0.2, 0.25) is 0 Å². The van der Waals surface area contributed by atoms with Crippen molar-refractivity contribution in [3.8, 4) is 11.8 Å². The Balaban J connectivity index is 1.58. The van der Waals surface area contributed by atoms with Crippen LogP contribution < -0.4 is 11.1 Å². The van der Waals surface area contributed by atoms with Gasteiger partial charge in [0.05, 0.1) is 11.4 Å². The number of aryl methyl sites for hydroxylation is 1. The molecule has 6 nitrogen and oxygen atoms in total. The highest BCUT2D eigenvalue weighted by Crippen LogP contribution is 2.21. The minimum atomic E-state index is -0.101. The average Bonchev–Trinajstić information content (AvgIpc) is 3.07. The second-order valence-corrected chi connectivity index (χ2v) is 7.42. The zero-order valence-electron chi connectivity index (χ0n) is 16.3. The number of nitrogens with two attached hydrogens (primary N) is 1. The average molecular weight is 406 g/mol. The number of amides is 1. The van der Waals surface area contributed by atoms with Crippen molar-refractivity contribution in [2.45, 2.75) is 18.6 Å². The van der Waals surface area contributed by atoms with Gasteiger partial charge in [-0.25, -0.2) is 4.68 Å². The second kappa shape index (κ2) is 9.80. The van der Waals surface area contributed by atoms with Gasteiger partial charge in [-0.05, 0) is 48.9 Å². The van der Waals surface area contributed by atoms with E-state index in [1.54, 1.807) is 16.4 Å². The molecule has 3 N–H and O–H groups in total. The van der Waals surface area contributed by atoms with E-state index in [4.69, 9.17) is 5.73 Å². The summed E-state index contributed by atoms with van der Waals surface area (Å²) in [5, 5.41) is 16.9. The summed E-state index contributed by atoms with van der Waals surface area (Å²) in [6.07, 6.45) is 3.27. The van der Waals surface area contributed by atoms with Crippen LogP contribution in [-0.2, 0) is 12.2 Å². The van der Waals surface area contributed by atoms with Gasteiger partial charge in [-0.2, -0.15) is 22.1 Å². The maximum absolute atomic E-state index is 12.3. The van der Waals surface area contributed by atoms with Crippen molar-refractivity contribution in [3.63, 3.8) is 0 Å². The number of hydrogen-bond donors (Lipinski definition) is 2. The fourth-order valence-electron chi connectivity index (χ4n) is 3.02. The Hall–Kier alpha value is -3.24. The number of carbonyl (C=O) groups is 1. The number of aromatic nitrogens is 2. The molecule has 0 saturated heterocycles. The molecule has 0 fully saturated rings. The van der Waals surface area contributed by atoms with Gasteiger partial charge >= 0.3 is 0 Å². The van der Waals surface area contributed by atoms with Crippen LogP contribution in [0.5, 0.6) is 0 Å². The number of nitrogen functional groups attached to an aromatic ring is 1. The number of nitrogens with zero attached hydrogens (tertiary/aromatic N) is 3. The van der Waals surface area contributed by atoms with Crippen LogP contribution >= 0.6 is 11.8 Å². The standard InChI is InChI=1S/C22H23N5OS/c1-29-15-16-9-11-17(12-10-16)22(28)25-13-5-8-20-19(14-23)21(24)27(26-20)18-6-3-2-4-7-18/h2-4,6-7,9-12H,5,8,13,15,24H2,1H3,(H,25,28). The van der Waals surface area contributed by atoms with Gasteiger partial charge in [-0.1, -0.05) is 30.3 Å². The molecule has 1 amide bonds. The minimum absolute atomic E-state index is 0.101. The Morgan fingerprint density at radius 2 is 1.93 bits per heavy atom. The Kier molecular flexibility index (Phi) is 6.93. The third kappa shape index (κ3) is 4.98. The summed E-state index contributed by atoms with van der Waals surface area (Å²) in [7, 11) is 0. The lowest BCUT2D eigenvalue weighted by Gasteiger charge is -2.06. The van der Waals surface area contributed by atoms with Gasteiger partial charge in [-0.15, -0.1) is 0 Å². The van der Waals surface area contributed by atoms with Crippen LogP contribution in [0.1, 0.15) is 33.6 Å². The molecule has 148 valence electrons. The maximum Gasteiger partial charge on any atom is 0.251 e. The van der Waals surface area contributed by atoms with Crippen LogP contribution in [0.3, 0.4) is 0 Å². The highest BCUT2D eigenvalue weighted by Gasteiger charge is 2.16. The molecule has 0 aliphatic carbocycles. The summed E-state index contributed by atoms with van der Waals surface area (Å²) < 4.78 is 1.59. The molecule has 0 unspecified atom stereocenters. The van der Waals surface area contributed by atoms with Crippen molar-refractivity contribution in [1.29, 1.82) is 5.26 Å². The lowest BCUT2D eigenvalue weighted by atomic mass is 10.1. The van der Waals surface area contributed by atoms with Gasteiger partial charge in [0.2, 0.25) is 0 Å². The highest BCUT2D eigenvalue weighted by atomic mass is 32.2. The van der Waals surface area contributed by atoms with E-state index in [-0.39, 0.29) is 5.91 Å². The number of nitrogens with one attached hydrogen (secondary N) is 1. The zero-order chi connectivity index (χ0) is 20.6. The summed E-state index contributed by atoms with van der Waals surface area (Å²) in [6, 6.07) is 19.3.